The van der Waals surface area contributed by atoms with Crippen molar-refractivity contribution in [1.29, 1.82) is 0 Å². The van der Waals surface area contributed by atoms with E-state index in [-0.39, 0.29) is 24.0 Å². The molecule has 134 valence electrons. The van der Waals surface area contributed by atoms with Gasteiger partial charge in [-0.3, -0.25) is 9.89 Å². The number of para-hydroxylation sites is 1. The standard InChI is InChI=1S/C18H28N4O.HI/c1-19-18(22-11-9-15-6-3-4-8-17(15)22)20-14-16-7-5-10-21(16)12-13-23-2;/h3-4,6,8,16H,5,7,9-14H2,1-2H3,(H,19,20);1H. The summed E-state index contributed by atoms with van der Waals surface area (Å²) < 4.78 is 5.23. The second-order valence-electron chi connectivity index (χ2n) is 6.28. The lowest BCUT2D eigenvalue weighted by atomic mass is 10.2. The van der Waals surface area contributed by atoms with Crippen LogP contribution in [0.3, 0.4) is 0 Å². The van der Waals surface area contributed by atoms with Crippen molar-refractivity contribution < 1.29 is 4.74 Å². The summed E-state index contributed by atoms with van der Waals surface area (Å²) in [6.07, 6.45) is 3.63. The Kier molecular flexibility index (Phi) is 7.77. The summed E-state index contributed by atoms with van der Waals surface area (Å²) in [4.78, 5) is 9.34. The Balaban J connectivity index is 0.00000208. The van der Waals surface area contributed by atoms with E-state index in [0.717, 1.165) is 38.6 Å². The van der Waals surface area contributed by atoms with Crippen molar-refractivity contribution in [3.05, 3.63) is 29.8 Å². The van der Waals surface area contributed by atoms with Gasteiger partial charge in [-0.15, -0.1) is 24.0 Å². The molecule has 5 nitrogen and oxygen atoms in total. The molecular formula is C18H29IN4O. The van der Waals surface area contributed by atoms with Gasteiger partial charge >= 0.3 is 0 Å². The molecule has 1 fully saturated rings. The number of fused-ring (bicyclic) bond motifs is 1. The lowest BCUT2D eigenvalue weighted by molar-refractivity contribution is 0.141. The summed E-state index contributed by atoms with van der Waals surface area (Å²) in [5.74, 6) is 0.994. The fourth-order valence-electron chi connectivity index (χ4n) is 3.69. The van der Waals surface area contributed by atoms with E-state index in [1.54, 1.807) is 7.11 Å². The molecule has 3 rings (SSSR count). The molecule has 2 aliphatic rings. The van der Waals surface area contributed by atoms with E-state index in [0.29, 0.717) is 6.04 Å². The third kappa shape index (κ3) is 4.40. The zero-order valence-corrected chi connectivity index (χ0v) is 17.0. The van der Waals surface area contributed by atoms with Crippen LogP contribution in [0.15, 0.2) is 29.3 Å². The van der Waals surface area contributed by atoms with Gasteiger partial charge in [0.05, 0.1) is 6.61 Å². The zero-order chi connectivity index (χ0) is 16.1. The smallest absolute Gasteiger partial charge is 0.198 e. The Morgan fingerprint density at radius 1 is 1.33 bits per heavy atom. The third-order valence-corrected chi connectivity index (χ3v) is 4.93. The SMILES string of the molecule is CN=C(NCC1CCCN1CCOC)N1CCc2ccccc21.I. The fourth-order valence-corrected chi connectivity index (χ4v) is 3.69. The summed E-state index contributed by atoms with van der Waals surface area (Å²) in [7, 11) is 3.65. The predicted molar refractivity (Wildman–Crippen MR) is 111 cm³/mol. The highest BCUT2D eigenvalue weighted by atomic mass is 127. The number of halogens is 1. The molecule has 1 saturated heterocycles. The molecule has 1 aromatic rings. The molecule has 24 heavy (non-hydrogen) atoms. The molecule has 2 aliphatic heterocycles. The van der Waals surface area contributed by atoms with Crippen LogP contribution in [0.4, 0.5) is 5.69 Å². The number of benzene rings is 1. The Hall–Kier alpha value is -0.860. The normalized spacial score (nSPS) is 20.8. The minimum Gasteiger partial charge on any atom is -0.383 e. The summed E-state index contributed by atoms with van der Waals surface area (Å²) >= 11 is 0. The van der Waals surface area contributed by atoms with Gasteiger partial charge in [0.25, 0.3) is 0 Å². The van der Waals surface area contributed by atoms with Gasteiger partial charge < -0.3 is 15.0 Å². The van der Waals surface area contributed by atoms with E-state index in [4.69, 9.17) is 4.74 Å². The van der Waals surface area contributed by atoms with Crippen LogP contribution in [0.1, 0.15) is 18.4 Å². The number of nitrogens with one attached hydrogen (secondary N) is 1. The minimum atomic E-state index is 0. The topological polar surface area (TPSA) is 40.1 Å². The molecular weight excluding hydrogens is 415 g/mol. The first-order valence-corrected chi connectivity index (χ1v) is 8.62. The number of hydrogen-bond donors (Lipinski definition) is 1. The molecule has 0 spiro atoms. The zero-order valence-electron chi connectivity index (χ0n) is 14.7. The van der Waals surface area contributed by atoms with Crippen LogP contribution in [0.5, 0.6) is 0 Å². The van der Waals surface area contributed by atoms with Crippen LogP contribution < -0.4 is 10.2 Å². The number of anilines is 1. The molecule has 1 aromatic carbocycles. The predicted octanol–water partition coefficient (Wildman–Crippen LogP) is 2.35. The van der Waals surface area contributed by atoms with E-state index in [9.17, 15) is 0 Å². The van der Waals surface area contributed by atoms with Crippen LogP contribution in [0.2, 0.25) is 0 Å². The van der Waals surface area contributed by atoms with Crippen LogP contribution in [-0.4, -0.2) is 63.8 Å². The first kappa shape index (κ1) is 19.5. The molecule has 0 amide bonds. The van der Waals surface area contributed by atoms with Crippen LogP contribution >= 0.6 is 24.0 Å². The fraction of sp³-hybridized carbons (Fsp3) is 0.611. The quantitative estimate of drug-likeness (QED) is 0.430. The molecule has 1 atom stereocenters. The third-order valence-electron chi connectivity index (χ3n) is 4.93. The Bertz CT molecular complexity index is 552. The molecule has 0 saturated carbocycles. The van der Waals surface area contributed by atoms with Crippen molar-refractivity contribution >= 4 is 35.6 Å². The van der Waals surface area contributed by atoms with Gasteiger partial charge in [0, 0.05) is 45.5 Å². The molecule has 0 aliphatic carbocycles. The number of rotatable bonds is 5. The molecule has 2 heterocycles. The number of methoxy groups -OCH3 is 1. The van der Waals surface area contributed by atoms with Crippen molar-refractivity contribution in [3.63, 3.8) is 0 Å². The number of likely N-dealkylation sites (tertiary alicyclic amines) is 1. The van der Waals surface area contributed by atoms with Crippen molar-refractivity contribution in [2.24, 2.45) is 4.99 Å². The Labute approximate surface area is 162 Å². The molecule has 0 bridgehead atoms. The largest absolute Gasteiger partial charge is 0.383 e. The number of guanidine groups is 1. The molecule has 0 radical (unpaired) electrons. The second-order valence-corrected chi connectivity index (χ2v) is 6.28. The van der Waals surface area contributed by atoms with Gasteiger partial charge in [-0.2, -0.15) is 0 Å². The number of ether oxygens (including phenoxy) is 1. The number of hydrogen-bond acceptors (Lipinski definition) is 3. The maximum Gasteiger partial charge on any atom is 0.198 e. The lowest BCUT2D eigenvalue weighted by Crippen LogP contribution is -2.47. The van der Waals surface area contributed by atoms with Gasteiger partial charge in [0.2, 0.25) is 0 Å². The number of aliphatic imine (C=N–C) groups is 1. The lowest BCUT2D eigenvalue weighted by Gasteiger charge is -2.27. The van der Waals surface area contributed by atoms with Crippen LogP contribution in [0, 0.1) is 0 Å². The molecule has 1 unspecified atom stereocenters. The van der Waals surface area contributed by atoms with E-state index in [2.05, 4.69) is 44.4 Å². The van der Waals surface area contributed by atoms with Gasteiger partial charge in [0.15, 0.2) is 5.96 Å². The van der Waals surface area contributed by atoms with Gasteiger partial charge in [-0.1, -0.05) is 18.2 Å². The average Bonchev–Trinajstić information content (AvgIpc) is 3.21. The van der Waals surface area contributed by atoms with E-state index in [1.165, 1.54) is 30.6 Å². The van der Waals surface area contributed by atoms with E-state index >= 15 is 0 Å². The molecule has 1 N–H and O–H groups in total. The maximum absolute atomic E-state index is 5.23. The number of nitrogens with zero attached hydrogens (tertiary/aromatic N) is 3. The molecule has 6 heteroatoms. The highest BCUT2D eigenvalue weighted by Gasteiger charge is 2.26. The molecule has 0 aromatic heterocycles. The minimum absolute atomic E-state index is 0. The van der Waals surface area contributed by atoms with Gasteiger partial charge in [-0.05, 0) is 37.4 Å². The Morgan fingerprint density at radius 3 is 2.96 bits per heavy atom. The summed E-state index contributed by atoms with van der Waals surface area (Å²) in [5, 5.41) is 3.59. The first-order chi connectivity index (χ1) is 11.3. The first-order valence-electron chi connectivity index (χ1n) is 8.62. The van der Waals surface area contributed by atoms with E-state index in [1.807, 2.05) is 7.05 Å². The van der Waals surface area contributed by atoms with Crippen molar-refractivity contribution in [3.8, 4) is 0 Å². The Morgan fingerprint density at radius 2 is 2.17 bits per heavy atom. The maximum atomic E-state index is 5.23. The van der Waals surface area contributed by atoms with Crippen LogP contribution in [0.25, 0.3) is 0 Å². The monoisotopic (exact) mass is 444 g/mol. The summed E-state index contributed by atoms with van der Waals surface area (Å²) in [5.41, 5.74) is 2.71. The van der Waals surface area contributed by atoms with Crippen LogP contribution in [-0.2, 0) is 11.2 Å². The van der Waals surface area contributed by atoms with Crippen molar-refractivity contribution in [2.45, 2.75) is 25.3 Å². The summed E-state index contributed by atoms with van der Waals surface area (Å²) in [6, 6.07) is 9.21. The van der Waals surface area contributed by atoms with Crippen molar-refractivity contribution in [1.82, 2.24) is 10.2 Å². The second kappa shape index (κ2) is 9.58. The van der Waals surface area contributed by atoms with Crippen molar-refractivity contribution in [2.75, 3.05) is 51.8 Å². The highest BCUT2D eigenvalue weighted by molar-refractivity contribution is 14.0. The highest BCUT2D eigenvalue weighted by Crippen LogP contribution is 2.27. The summed E-state index contributed by atoms with van der Waals surface area (Å²) in [6.45, 7) is 4.98. The average molecular weight is 444 g/mol. The van der Waals surface area contributed by atoms with E-state index < -0.39 is 0 Å². The van der Waals surface area contributed by atoms with Gasteiger partial charge in [0.1, 0.15) is 0 Å². The van der Waals surface area contributed by atoms with Gasteiger partial charge in [-0.25, -0.2) is 0 Å².